The number of hydrogen-bond acceptors (Lipinski definition) is 6. The first-order valence-corrected chi connectivity index (χ1v) is 17.0. The lowest BCUT2D eigenvalue weighted by atomic mass is 10.1. The predicted octanol–water partition coefficient (Wildman–Crippen LogP) is 5.62. The topological polar surface area (TPSA) is 96.0 Å². The van der Waals surface area contributed by atoms with Crippen molar-refractivity contribution in [2.75, 3.05) is 23.7 Å². The number of hydrogen-bond donors (Lipinski definition) is 1. The number of carbonyl (C=O) groups is 2. The minimum Gasteiger partial charge on any atom is -0.494 e. The van der Waals surface area contributed by atoms with E-state index in [9.17, 15) is 22.4 Å². The number of amides is 2. The summed E-state index contributed by atoms with van der Waals surface area (Å²) in [5.41, 5.74) is 0.471. The van der Waals surface area contributed by atoms with Crippen LogP contribution in [0.15, 0.2) is 82.6 Å². The van der Waals surface area contributed by atoms with Crippen molar-refractivity contribution in [3.63, 3.8) is 0 Å². The van der Waals surface area contributed by atoms with E-state index in [0.717, 1.165) is 34.9 Å². The number of thioether (sulfide) groups is 1. The summed E-state index contributed by atoms with van der Waals surface area (Å²) in [7, 11) is -4.22. The van der Waals surface area contributed by atoms with Gasteiger partial charge in [0.05, 0.1) is 17.2 Å². The van der Waals surface area contributed by atoms with Crippen LogP contribution in [-0.4, -0.2) is 56.6 Å². The predicted molar refractivity (Wildman–Crippen MR) is 167 cm³/mol. The Bertz CT molecular complexity index is 1490. The number of halogens is 1. The summed E-state index contributed by atoms with van der Waals surface area (Å²) >= 11 is 1.48. The third-order valence-corrected chi connectivity index (χ3v) is 10.1. The molecule has 8 nitrogen and oxygen atoms in total. The average Bonchev–Trinajstić information content (AvgIpc) is 3.52. The number of ether oxygens (including phenoxy) is 1. The Kier molecular flexibility index (Phi) is 11.1. The van der Waals surface area contributed by atoms with E-state index in [1.165, 1.54) is 34.9 Å². The summed E-state index contributed by atoms with van der Waals surface area (Å²) in [5.74, 6) is -0.971. The van der Waals surface area contributed by atoms with Crippen LogP contribution in [0.4, 0.5) is 10.1 Å². The molecule has 4 rings (SSSR count). The maximum Gasteiger partial charge on any atom is 0.264 e. The van der Waals surface area contributed by atoms with Crippen LogP contribution in [0.25, 0.3) is 0 Å². The second-order valence-electron chi connectivity index (χ2n) is 10.4. The van der Waals surface area contributed by atoms with Gasteiger partial charge in [-0.2, -0.15) is 0 Å². The van der Waals surface area contributed by atoms with Crippen molar-refractivity contribution in [1.82, 2.24) is 10.2 Å². The van der Waals surface area contributed by atoms with Crippen molar-refractivity contribution < 1.29 is 27.1 Å². The van der Waals surface area contributed by atoms with E-state index in [1.807, 2.05) is 13.2 Å². The zero-order valence-corrected chi connectivity index (χ0v) is 26.3. The van der Waals surface area contributed by atoms with Crippen LogP contribution >= 0.6 is 11.8 Å². The van der Waals surface area contributed by atoms with Gasteiger partial charge in [0, 0.05) is 23.0 Å². The quantitative estimate of drug-likeness (QED) is 0.247. The summed E-state index contributed by atoms with van der Waals surface area (Å²) in [5, 5.41) is 3.01. The molecule has 230 valence electrons. The molecule has 0 saturated heterocycles. The number of anilines is 1. The number of carbonyl (C=O) groups excluding carboxylic acids is 2. The molecular weight excluding hydrogens is 590 g/mol. The Labute approximate surface area is 257 Å². The number of benzene rings is 3. The fraction of sp³-hybridized carbons (Fsp3) is 0.375. The molecule has 1 atom stereocenters. The van der Waals surface area contributed by atoms with Crippen LogP contribution in [0.1, 0.15) is 45.1 Å². The van der Waals surface area contributed by atoms with Gasteiger partial charge in [-0.05, 0) is 87.5 Å². The monoisotopic (exact) mass is 627 g/mol. The highest BCUT2D eigenvalue weighted by atomic mass is 32.2. The molecule has 0 aromatic heterocycles. The fourth-order valence-corrected chi connectivity index (χ4v) is 6.89. The van der Waals surface area contributed by atoms with Crippen molar-refractivity contribution in [2.24, 2.45) is 0 Å². The molecule has 1 aliphatic carbocycles. The summed E-state index contributed by atoms with van der Waals surface area (Å²) in [6.45, 7) is 3.06. The van der Waals surface area contributed by atoms with Crippen LogP contribution in [-0.2, 0) is 26.2 Å². The molecule has 43 heavy (non-hydrogen) atoms. The van der Waals surface area contributed by atoms with Crippen LogP contribution < -0.4 is 14.4 Å². The van der Waals surface area contributed by atoms with E-state index in [1.54, 1.807) is 61.5 Å². The van der Waals surface area contributed by atoms with Gasteiger partial charge in [0.25, 0.3) is 10.0 Å². The molecule has 3 aromatic rings. The van der Waals surface area contributed by atoms with Gasteiger partial charge in [-0.3, -0.25) is 13.9 Å². The lowest BCUT2D eigenvalue weighted by Gasteiger charge is -2.32. The van der Waals surface area contributed by atoms with E-state index < -0.39 is 34.3 Å². The van der Waals surface area contributed by atoms with Crippen molar-refractivity contribution in [1.29, 1.82) is 0 Å². The zero-order valence-electron chi connectivity index (χ0n) is 24.7. The summed E-state index contributed by atoms with van der Waals surface area (Å²) < 4.78 is 49.3. The zero-order chi connectivity index (χ0) is 31.0. The standard InChI is InChI=1S/C32H38FN3O5S2/c1-4-41-27-15-13-26(14-16-27)36(43(39,40)29-19-17-28(42-3)18-20-29)22-31(37)35(21-24-9-5-8-12-30(24)33)23(2)32(38)34-25-10-6-7-11-25/h5,8-9,12-20,23,25H,4,6-7,10-11,21-22H2,1-3H3,(H,34,38)/t23-/m0/s1. The van der Waals surface area contributed by atoms with Crippen molar-refractivity contribution >= 4 is 39.3 Å². The third kappa shape index (κ3) is 8.08. The first kappa shape index (κ1) is 32.3. The maximum atomic E-state index is 14.7. The van der Waals surface area contributed by atoms with Gasteiger partial charge in [-0.1, -0.05) is 31.0 Å². The molecule has 3 aromatic carbocycles. The van der Waals surface area contributed by atoms with Crippen molar-refractivity contribution in [3.05, 3.63) is 84.2 Å². The van der Waals surface area contributed by atoms with Gasteiger partial charge >= 0.3 is 0 Å². The van der Waals surface area contributed by atoms with Gasteiger partial charge in [0.15, 0.2) is 0 Å². The number of nitrogens with zero attached hydrogens (tertiary/aromatic N) is 2. The van der Waals surface area contributed by atoms with E-state index in [4.69, 9.17) is 4.74 Å². The van der Waals surface area contributed by atoms with Crippen LogP contribution in [0.3, 0.4) is 0 Å². The molecule has 1 aliphatic rings. The van der Waals surface area contributed by atoms with Gasteiger partial charge in [0.2, 0.25) is 11.8 Å². The van der Waals surface area contributed by atoms with E-state index >= 15 is 0 Å². The van der Waals surface area contributed by atoms with E-state index in [2.05, 4.69) is 5.32 Å². The molecule has 0 spiro atoms. The summed E-state index contributed by atoms with van der Waals surface area (Å²) in [6.07, 6.45) is 5.65. The number of rotatable bonds is 13. The molecule has 2 amide bonds. The molecule has 0 radical (unpaired) electrons. The minimum absolute atomic E-state index is 0.0136. The molecule has 1 fully saturated rings. The number of sulfonamides is 1. The number of nitrogens with one attached hydrogen (secondary N) is 1. The van der Waals surface area contributed by atoms with Crippen LogP contribution in [0.2, 0.25) is 0 Å². The van der Waals surface area contributed by atoms with E-state index in [0.29, 0.717) is 12.4 Å². The Hall–Kier alpha value is -3.57. The molecule has 11 heteroatoms. The van der Waals surface area contributed by atoms with Crippen LogP contribution in [0, 0.1) is 5.82 Å². The lowest BCUT2D eigenvalue weighted by Crippen LogP contribution is -2.52. The Morgan fingerprint density at radius 3 is 2.28 bits per heavy atom. The average molecular weight is 628 g/mol. The SMILES string of the molecule is CCOc1ccc(N(CC(=O)N(Cc2ccccc2F)[C@@H](C)C(=O)NC2CCCC2)S(=O)(=O)c2ccc(SC)cc2)cc1. The minimum atomic E-state index is -4.22. The maximum absolute atomic E-state index is 14.7. The second-order valence-corrected chi connectivity index (χ2v) is 13.1. The Morgan fingerprint density at radius 1 is 1.02 bits per heavy atom. The molecule has 0 bridgehead atoms. The molecule has 0 aliphatic heterocycles. The Balaban J connectivity index is 1.70. The molecule has 0 heterocycles. The largest absolute Gasteiger partial charge is 0.494 e. The van der Waals surface area contributed by atoms with Crippen molar-refractivity contribution in [2.45, 2.75) is 68.0 Å². The molecule has 1 N–H and O–H groups in total. The van der Waals surface area contributed by atoms with Gasteiger partial charge < -0.3 is 15.0 Å². The van der Waals surface area contributed by atoms with Crippen LogP contribution in [0.5, 0.6) is 5.75 Å². The second kappa shape index (κ2) is 14.7. The first-order chi connectivity index (χ1) is 20.6. The first-order valence-electron chi connectivity index (χ1n) is 14.4. The highest BCUT2D eigenvalue weighted by molar-refractivity contribution is 7.98. The fourth-order valence-electron chi connectivity index (χ4n) is 5.06. The third-order valence-electron chi connectivity index (χ3n) is 7.53. The van der Waals surface area contributed by atoms with Gasteiger partial charge in [-0.15, -0.1) is 11.8 Å². The lowest BCUT2D eigenvalue weighted by molar-refractivity contribution is -0.139. The molecular formula is C32H38FN3O5S2. The highest BCUT2D eigenvalue weighted by Gasteiger charge is 2.33. The summed E-state index contributed by atoms with van der Waals surface area (Å²) in [6, 6.07) is 17.9. The highest BCUT2D eigenvalue weighted by Crippen LogP contribution is 2.28. The van der Waals surface area contributed by atoms with E-state index in [-0.39, 0.29) is 34.6 Å². The molecule has 1 saturated carbocycles. The smallest absolute Gasteiger partial charge is 0.264 e. The van der Waals surface area contributed by atoms with Crippen molar-refractivity contribution in [3.8, 4) is 5.75 Å². The Morgan fingerprint density at radius 2 is 1.67 bits per heavy atom. The summed E-state index contributed by atoms with van der Waals surface area (Å²) in [4.78, 5) is 29.5. The van der Waals surface area contributed by atoms with Gasteiger partial charge in [-0.25, -0.2) is 12.8 Å². The molecule has 0 unspecified atom stereocenters. The normalized spacial score (nSPS) is 14.2. The van der Waals surface area contributed by atoms with Gasteiger partial charge in [0.1, 0.15) is 24.2 Å².